The number of methoxy groups -OCH3 is 2. The van der Waals surface area contributed by atoms with Gasteiger partial charge in [-0.1, -0.05) is 17.8 Å². The number of nitrogens with one attached hydrogen (secondary N) is 2. The zero-order chi connectivity index (χ0) is 19.8. The van der Waals surface area contributed by atoms with Crippen LogP contribution >= 0.6 is 11.8 Å². The van der Waals surface area contributed by atoms with Crippen LogP contribution in [0.2, 0.25) is 0 Å². The number of carbonyl (C=O) groups is 1. The molecule has 2 heterocycles. The fourth-order valence-electron chi connectivity index (χ4n) is 3.09. The highest BCUT2D eigenvalue weighted by Gasteiger charge is 2.14. The van der Waals surface area contributed by atoms with Crippen LogP contribution in [0, 0.1) is 5.92 Å². The van der Waals surface area contributed by atoms with Crippen molar-refractivity contribution in [2.45, 2.75) is 18.0 Å². The predicted octanol–water partition coefficient (Wildman–Crippen LogP) is 2.37. The Balaban J connectivity index is 1.51. The highest BCUT2D eigenvalue weighted by atomic mass is 32.2. The molecule has 1 atom stereocenters. The van der Waals surface area contributed by atoms with Gasteiger partial charge < -0.3 is 20.1 Å². The van der Waals surface area contributed by atoms with Crippen molar-refractivity contribution in [3.8, 4) is 22.6 Å². The van der Waals surface area contributed by atoms with Crippen LogP contribution in [0.5, 0.6) is 11.5 Å². The van der Waals surface area contributed by atoms with Gasteiger partial charge >= 0.3 is 0 Å². The minimum Gasteiger partial charge on any atom is -0.493 e. The van der Waals surface area contributed by atoms with Crippen LogP contribution in [0.25, 0.3) is 11.1 Å². The molecule has 1 amide bonds. The highest BCUT2D eigenvalue weighted by molar-refractivity contribution is 7.99. The summed E-state index contributed by atoms with van der Waals surface area (Å²) in [6, 6.07) is 5.67. The van der Waals surface area contributed by atoms with Crippen molar-refractivity contribution >= 4 is 17.7 Å². The number of benzene rings is 1. The van der Waals surface area contributed by atoms with Gasteiger partial charge in [0.05, 0.1) is 20.0 Å². The second-order valence-corrected chi connectivity index (χ2v) is 7.57. The van der Waals surface area contributed by atoms with E-state index >= 15 is 0 Å². The van der Waals surface area contributed by atoms with Gasteiger partial charge in [0, 0.05) is 24.5 Å². The molecule has 1 aromatic carbocycles. The molecule has 1 aromatic heterocycles. The number of thioether (sulfide) groups is 1. The van der Waals surface area contributed by atoms with E-state index in [2.05, 4.69) is 20.6 Å². The molecule has 0 bridgehead atoms. The Labute approximate surface area is 169 Å². The number of ether oxygens (including phenoxy) is 2. The van der Waals surface area contributed by atoms with E-state index in [0.29, 0.717) is 28.3 Å². The number of rotatable bonds is 8. The van der Waals surface area contributed by atoms with Gasteiger partial charge in [0.25, 0.3) is 0 Å². The van der Waals surface area contributed by atoms with Crippen LogP contribution in [0.3, 0.4) is 0 Å². The molecule has 1 aliphatic rings. The molecule has 150 valence electrons. The van der Waals surface area contributed by atoms with E-state index in [1.807, 2.05) is 18.2 Å². The van der Waals surface area contributed by atoms with E-state index in [1.54, 1.807) is 26.6 Å². The number of carbonyl (C=O) groups excluding carboxylic acids is 1. The number of hydrogen-bond acceptors (Lipinski definition) is 7. The molecule has 0 aliphatic carbocycles. The molecular formula is C20H26N4O3S. The van der Waals surface area contributed by atoms with Crippen molar-refractivity contribution in [1.29, 1.82) is 0 Å². The number of nitrogens with zero attached hydrogens (tertiary/aromatic N) is 2. The van der Waals surface area contributed by atoms with E-state index in [4.69, 9.17) is 9.47 Å². The Bertz CT molecular complexity index is 780. The van der Waals surface area contributed by atoms with E-state index in [-0.39, 0.29) is 5.91 Å². The molecule has 2 aromatic rings. The number of amides is 1. The third-order valence-electron chi connectivity index (χ3n) is 4.66. The predicted molar refractivity (Wildman–Crippen MR) is 110 cm³/mol. The molecule has 28 heavy (non-hydrogen) atoms. The summed E-state index contributed by atoms with van der Waals surface area (Å²) in [6.45, 7) is 2.79. The smallest absolute Gasteiger partial charge is 0.230 e. The zero-order valence-electron chi connectivity index (χ0n) is 16.2. The molecule has 1 aliphatic heterocycles. The zero-order valence-corrected chi connectivity index (χ0v) is 17.1. The topological polar surface area (TPSA) is 85.4 Å². The molecule has 7 nitrogen and oxygen atoms in total. The second kappa shape index (κ2) is 10.3. The fraction of sp³-hybridized carbons (Fsp3) is 0.450. The average molecular weight is 403 g/mol. The van der Waals surface area contributed by atoms with Crippen LogP contribution in [-0.4, -0.2) is 55.5 Å². The lowest BCUT2D eigenvalue weighted by molar-refractivity contribution is -0.118. The Morgan fingerprint density at radius 2 is 2.00 bits per heavy atom. The van der Waals surface area contributed by atoms with Crippen LogP contribution < -0.4 is 20.1 Å². The van der Waals surface area contributed by atoms with Gasteiger partial charge in [-0.15, -0.1) is 0 Å². The molecule has 0 saturated carbocycles. The Hall–Kier alpha value is -2.32. The van der Waals surface area contributed by atoms with Gasteiger partial charge in [0.2, 0.25) is 5.91 Å². The maximum atomic E-state index is 12.0. The average Bonchev–Trinajstić information content (AvgIpc) is 2.76. The molecule has 0 radical (unpaired) electrons. The van der Waals surface area contributed by atoms with Crippen molar-refractivity contribution in [3.05, 3.63) is 30.6 Å². The lowest BCUT2D eigenvalue weighted by atomic mass is 10.00. The summed E-state index contributed by atoms with van der Waals surface area (Å²) in [7, 11) is 3.21. The van der Waals surface area contributed by atoms with Crippen LogP contribution in [0.15, 0.2) is 35.7 Å². The molecule has 1 unspecified atom stereocenters. The monoisotopic (exact) mass is 402 g/mol. The summed E-state index contributed by atoms with van der Waals surface area (Å²) in [6.07, 6.45) is 5.85. The van der Waals surface area contributed by atoms with Crippen molar-refractivity contribution in [1.82, 2.24) is 20.6 Å². The first kappa shape index (κ1) is 20.4. The molecular weight excluding hydrogens is 376 g/mol. The highest BCUT2D eigenvalue weighted by Crippen LogP contribution is 2.32. The lowest BCUT2D eigenvalue weighted by Gasteiger charge is -2.22. The molecule has 0 spiro atoms. The summed E-state index contributed by atoms with van der Waals surface area (Å²) in [5, 5.41) is 6.94. The van der Waals surface area contributed by atoms with Crippen molar-refractivity contribution < 1.29 is 14.3 Å². The SMILES string of the molecule is COc1ccc(-c2cnc(SCC(=O)NCC3CCCNC3)nc2)cc1OC. The first-order valence-corrected chi connectivity index (χ1v) is 10.3. The van der Waals surface area contributed by atoms with Crippen molar-refractivity contribution in [2.24, 2.45) is 5.92 Å². The van der Waals surface area contributed by atoms with Gasteiger partial charge in [-0.3, -0.25) is 4.79 Å². The molecule has 8 heteroatoms. The summed E-state index contributed by atoms with van der Waals surface area (Å²) in [5.41, 5.74) is 1.81. The van der Waals surface area contributed by atoms with E-state index in [0.717, 1.165) is 30.8 Å². The Kier molecular flexibility index (Phi) is 7.50. The standard InChI is InChI=1S/C20H26N4O3S/c1-26-17-6-5-15(8-18(17)27-2)16-11-23-20(24-12-16)28-13-19(25)22-10-14-4-3-7-21-9-14/h5-6,8,11-12,14,21H,3-4,7,9-10,13H2,1-2H3,(H,22,25). The fourth-order valence-corrected chi connectivity index (χ4v) is 3.71. The van der Waals surface area contributed by atoms with E-state index < -0.39 is 0 Å². The maximum absolute atomic E-state index is 12.0. The third kappa shape index (κ3) is 5.59. The van der Waals surface area contributed by atoms with E-state index in [9.17, 15) is 4.79 Å². The molecule has 3 rings (SSSR count). The first-order valence-electron chi connectivity index (χ1n) is 9.34. The van der Waals surface area contributed by atoms with Gasteiger partial charge in [0.15, 0.2) is 16.7 Å². The van der Waals surface area contributed by atoms with Gasteiger partial charge in [0.1, 0.15) is 0 Å². The quantitative estimate of drug-likeness (QED) is 0.518. The van der Waals surface area contributed by atoms with Crippen molar-refractivity contribution in [3.63, 3.8) is 0 Å². The van der Waals surface area contributed by atoms with Crippen LogP contribution in [0.4, 0.5) is 0 Å². The summed E-state index contributed by atoms with van der Waals surface area (Å²) in [5.74, 6) is 2.19. The molecule has 1 saturated heterocycles. The van der Waals surface area contributed by atoms with Crippen molar-refractivity contribution in [2.75, 3.05) is 39.6 Å². The van der Waals surface area contributed by atoms with Crippen LogP contribution in [0.1, 0.15) is 12.8 Å². The van der Waals surface area contributed by atoms with E-state index in [1.165, 1.54) is 24.6 Å². The molecule has 1 fully saturated rings. The summed E-state index contributed by atoms with van der Waals surface area (Å²) >= 11 is 1.34. The molecule has 2 N–H and O–H groups in total. The first-order chi connectivity index (χ1) is 13.7. The van der Waals surface area contributed by atoms with Gasteiger partial charge in [-0.25, -0.2) is 9.97 Å². The van der Waals surface area contributed by atoms with Gasteiger partial charge in [-0.05, 0) is 49.5 Å². The Morgan fingerprint density at radius 3 is 2.68 bits per heavy atom. The van der Waals surface area contributed by atoms with Crippen LogP contribution in [-0.2, 0) is 4.79 Å². The Morgan fingerprint density at radius 1 is 1.21 bits per heavy atom. The minimum absolute atomic E-state index is 0.0168. The minimum atomic E-state index is 0.0168. The number of hydrogen-bond donors (Lipinski definition) is 2. The summed E-state index contributed by atoms with van der Waals surface area (Å²) < 4.78 is 10.6. The third-order valence-corrected chi connectivity index (χ3v) is 5.54. The maximum Gasteiger partial charge on any atom is 0.230 e. The van der Waals surface area contributed by atoms with Gasteiger partial charge in [-0.2, -0.15) is 0 Å². The summed E-state index contributed by atoms with van der Waals surface area (Å²) in [4.78, 5) is 20.8. The second-order valence-electron chi connectivity index (χ2n) is 6.63. The number of piperidine rings is 1. The largest absolute Gasteiger partial charge is 0.493 e. The normalized spacial score (nSPS) is 16.4. The number of aromatic nitrogens is 2. The lowest BCUT2D eigenvalue weighted by Crippen LogP contribution is -2.38.